The third kappa shape index (κ3) is 18.0. The number of carbonyl (C=O) groups is 4. The van der Waals surface area contributed by atoms with E-state index in [0.29, 0.717) is 65.1 Å². The maximum absolute atomic E-state index is 14.0. The van der Waals surface area contributed by atoms with Gasteiger partial charge < -0.3 is 55.1 Å². The fourth-order valence-corrected chi connectivity index (χ4v) is 9.46. The number of aliphatic hydroxyl groups excluding tert-OH is 1. The first kappa shape index (κ1) is 57.5. The zero-order valence-corrected chi connectivity index (χ0v) is 45.1. The van der Waals surface area contributed by atoms with E-state index in [1.54, 1.807) is 11.3 Å². The average Bonchev–Trinajstić information content (AvgIpc) is 3.99. The van der Waals surface area contributed by atoms with Crippen molar-refractivity contribution in [3.05, 3.63) is 77.1 Å². The predicted molar refractivity (Wildman–Crippen MR) is 287 cm³/mol. The molecule has 2 aliphatic rings. The number of nitrogens with one attached hydrogen (secondary N) is 4. The summed E-state index contributed by atoms with van der Waals surface area (Å²) in [6, 6.07) is 13.8. The van der Waals surface area contributed by atoms with Gasteiger partial charge in [-0.25, -0.2) is 9.97 Å². The number of hydrogen-bond acceptors (Lipinski definition) is 15. The molecule has 1 saturated carbocycles. The van der Waals surface area contributed by atoms with E-state index in [9.17, 15) is 24.3 Å². The molecule has 0 radical (unpaired) electrons. The van der Waals surface area contributed by atoms with E-state index >= 15 is 0 Å². The molecule has 2 fully saturated rings. The largest absolute Gasteiger partial charge is 0.493 e. The fourth-order valence-electron chi connectivity index (χ4n) is 8.65. The van der Waals surface area contributed by atoms with Crippen molar-refractivity contribution < 1.29 is 43.2 Å². The SMILES string of the molecule is CCc1cnc(Nc2cccc(OCCCOCCCCOCCCOCC(=O)N[C@H](C(=O)N3C[C@H](O)C[C@H]3C(=O)NCc3ccc(-c4scnc4C)cc3)C(C)(C)C)c2)nc1NCCCN(C)C(=O)C1CCC1. The minimum Gasteiger partial charge on any atom is -0.493 e. The molecule has 1 aliphatic heterocycles. The normalized spacial score (nSPS) is 16.1. The van der Waals surface area contributed by atoms with E-state index in [2.05, 4.69) is 38.2 Å². The van der Waals surface area contributed by atoms with E-state index in [1.807, 2.05) is 99.9 Å². The first-order valence-electron chi connectivity index (χ1n) is 26.3. The van der Waals surface area contributed by atoms with Gasteiger partial charge in [-0.3, -0.25) is 19.2 Å². The molecule has 1 saturated heterocycles. The lowest BCUT2D eigenvalue weighted by Crippen LogP contribution is -2.58. The molecule has 18 nitrogen and oxygen atoms in total. The summed E-state index contributed by atoms with van der Waals surface area (Å²) >= 11 is 1.58. The molecular formula is C55H79N9O9S. The van der Waals surface area contributed by atoms with Gasteiger partial charge in [0.15, 0.2) is 0 Å². The Kier molecular flexibility index (Phi) is 22.9. The summed E-state index contributed by atoms with van der Waals surface area (Å²) in [7, 11) is 1.89. The molecule has 6 rings (SSSR count). The minimum absolute atomic E-state index is 0.00320. The molecule has 404 valence electrons. The van der Waals surface area contributed by atoms with E-state index in [-0.39, 0.29) is 43.8 Å². The second-order valence-electron chi connectivity index (χ2n) is 20.2. The van der Waals surface area contributed by atoms with Crippen molar-refractivity contribution in [3.63, 3.8) is 0 Å². The van der Waals surface area contributed by atoms with Crippen molar-refractivity contribution in [2.45, 2.75) is 124 Å². The second-order valence-corrected chi connectivity index (χ2v) is 21.1. The van der Waals surface area contributed by atoms with Gasteiger partial charge in [0.2, 0.25) is 29.6 Å². The van der Waals surface area contributed by atoms with Gasteiger partial charge in [-0.15, -0.1) is 11.3 Å². The Balaban J connectivity index is 0.779. The van der Waals surface area contributed by atoms with E-state index in [0.717, 1.165) is 95.9 Å². The number of aromatic nitrogens is 3. The van der Waals surface area contributed by atoms with Crippen LogP contribution in [0.5, 0.6) is 5.75 Å². The van der Waals surface area contributed by atoms with Crippen molar-refractivity contribution in [2.75, 3.05) is 83.6 Å². The lowest BCUT2D eigenvalue weighted by molar-refractivity contribution is -0.144. The smallest absolute Gasteiger partial charge is 0.246 e. The van der Waals surface area contributed by atoms with Gasteiger partial charge >= 0.3 is 0 Å². The number of β-amino-alcohol motifs (C(OH)–C–C–N with tert-alkyl or cyclic N) is 1. The zero-order valence-electron chi connectivity index (χ0n) is 44.3. The van der Waals surface area contributed by atoms with Crippen LogP contribution in [0.2, 0.25) is 0 Å². The monoisotopic (exact) mass is 1040 g/mol. The Hall–Kier alpha value is -5.73. The molecule has 1 aliphatic carbocycles. The van der Waals surface area contributed by atoms with Gasteiger partial charge in [0.1, 0.15) is 30.3 Å². The van der Waals surface area contributed by atoms with Crippen molar-refractivity contribution in [1.82, 2.24) is 35.4 Å². The van der Waals surface area contributed by atoms with Gasteiger partial charge in [-0.1, -0.05) is 64.4 Å². The number of nitrogens with zero attached hydrogens (tertiary/aromatic N) is 5. The molecule has 74 heavy (non-hydrogen) atoms. The number of amides is 4. The number of unbranched alkanes of at least 4 members (excludes halogenated alkanes) is 1. The van der Waals surface area contributed by atoms with Crippen LogP contribution < -0.4 is 26.0 Å². The Morgan fingerprint density at radius 3 is 2.31 bits per heavy atom. The molecule has 3 atom stereocenters. The van der Waals surface area contributed by atoms with E-state index in [1.165, 1.54) is 4.90 Å². The molecule has 3 heterocycles. The molecule has 19 heteroatoms. The van der Waals surface area contributed by atoms with Gasteiger partial charge in [0.05, 0.1) is 28.8 Å². The van der Waals surface area contributed by atoms with Gasteiger partial charge in [-0.2, -0.15) is 4.98 Å². The molecule has 0 bridgehead atoms. The van der Waals surface area contributed by atoms with E-state index in [4.69, 9.17) is 23.9 Å². The number of rotatable bonds is 31. The number of benzene rings is 2. The summed E-state index contributed by atoms with van der Waals surface area (Å²) in [5, 5.41) is 23.1. The number of anilines is 3. The van der Waals surface area contributed by atoms with Crippen LogP contribution >= 0.6 is 11.3 Å². The molecule has 4 amide bonds. The highest BCUT2D eigenvalue weighted by Crippen LogP contribution is 2.30. The molecule has 0 spiro atoms. The third-order valence-electron chi connectivity index (χ3n) is 13.2. The summed E-state index contributed by atoms with van der Waals surface area (Å²) in [5.74, 6) is 1.27. The van der Waals surface area contributed by atoms with E-state index < -0.39 is 35.4 Å². The van der Waals surface area contributed by atoms with Gasteiger partial charge in [0.25, 0.3) is 0 Å². The minimum atomic E-state index is -0.941. The summed E-state index contributed by atoms with van der Waals surface area (Å²) in [4.78, 5) is 70.8. The maximum Gasteiger partial charge on any atom is 0.246 e. The van der Waals surface area contributed by atoms with Crippen LogP contribution in [0.1, 0.15) is 102 Å². The van der Waals surface area contributed by atoms with Crippen LogP contribution in [0.15, 0.2) is 60.2 Å². The number of ether oxygens (including phenoxy) is 4. The third-order valence-corrected chi connectivity index (χ3v) is 14.2. The maximum atomic E-state index is 14.0. The topological polar surface area (TPSA) is 219 Å². The van der Waals surface area contributed by atoms with Crippen LogP contribution in [0.25, 0.3) is 10.4 Å². The van der Waals surface area contributed by atoms with Gasteiger partial charge in [-0.05, 0) is 80.5 Å². The van der Waals surface area contributed by atoms with Crippen LogP contribution in [-0.4, -0.2) is 145 Å². The lowest BCUT2D eigenvalue weighted by atomic mass is 9.84. The summed E-state index contributed by atoms with van der Waals surface area (Å²) in [6.45, 7) is 14.1. The lowest BCUT2D eigenvalue weighted by Gasteiger charge is -2.35. The van der Waals surface area contributed by atoms with Crippen molar-refractivity contribution in [2.24, 2.45) is 11.3 Å². The Labute approximate surface area is 441 Å². The molecule has 5 N–H and O–H groups in total. The summed E-state index contributed by atoms with van der Waals surface area (Å²) in [5.41, 5.74) is 5.91. The summed E-state index contributed by atoms with van der Waals surface area (Å²) < 4.78 is 23.2. The number of likely N-dealkylation sites (tertiary alicyclic amines) is 1. The highest BCUT2D eigenvalue weighted by atomic mass is 32.1. The van der Waals surface area contributed by atoms with Crippen LogP contribution in [-0.2, 0) is 46.4 Å². The second kappa shape index (κ2) is 29.4. The average molecular weight is 1040 g/mol. The number of aryl methyl sites for hydroxylation is 2. The van der Waals surface area contributed by atoms with Crippen LogP contribution in [0.4, 0.5) is 17.5 Å². The summed E-state index contributed by atoms with van der Waals surface area (Å²) in [6.07, 6.45) is 8.97. The first-order chi connectivity index (χ1) is 35.7. The van der Waals surface area contributed by atoms with Crippen molar-refractivity contribution in [3.8, 4) is 16.2 Å². The number of aliphatic hydroxyl groups is 1. The Morgan fingerprint density at radius 2 is 1.64 bits per heavy atom. The standard InChI is InChI=1S/C55H79N9O9S/c1-7-40-34-58-54(62-50(40)56-23-12-24-63(6)52(68)42-15-10-16-42)60-43-17-11-18-45(31-43)73-30-14-28-71-26-9-8-25-70-27-13-29-72-36-47(66)61-49(55(3,4)5)53(69)64-35-44(65)32-46(64)51(67)57-33-39-19-21-41(22-20-39)48-38(2)59-37-74-48/h11,17-22,31,34,37,42,44,46,49,65H,7-10,12-16,23-30,32-33,35-36H2,1-6H3,(H,57,67)(H,61,66)(H2,56,58,60,62)/t44-,46+,49-/m1/s1. The zero-order chi connectivity index (χ0) is 52.9. The fraction of sp³-hybridized carbons (Fsp3) is 0.582. The quantitative estimate of drug-likeness (QED) is 0.0319. The number of thiazole rings is 1. The van der Waals surface area contributed by atoms with Crippen molar-refractivity contribution >= 4 is 52.4 Å². The van der Waals surface area contributed by atoms with Gasteiger partial charge in [0, 0.05) is 109 Å². The molecule has 2 aromatic heterocycles. The Morgan fingerprint density at radius 1 is 0.919 bits per heavy atom. The molecule has 2 aromatic carbocycles. The van der Waals surface area contributed by atoms with Crippen molar-refractivity contribution in [1.29, 1.82) is 0 Å². The Bertz CT molecular complexity index is 2390. The van der Waals surface area contributed by atoms with Crippen LogP contribution in [0, 0.1) is 18.3 Å². The highest BCUT2D eigenvalue weighted by molar-refractivity contribution is 7.13. The number of carbonyl (C=O) groups excluding carboxylic acids is 4. The first-order valence-corrected chi connectivity index (χ1v) is 27.2. The molecule has 4 aromatic rings. The molecule has 0 unspecified atom stereocenters. The predicted octanol–water partition coefficient (Wildman–Crippen LogP) is 7.07. The highest BCUT2D eigenvalue weighted by Gasteiger charge is 2.44. The van der Waals surface area contributed by atoms with Crippen LogP contribution in [0.3, 0.4) is 0 Å². The number of hydrogen-bond donors (Lipinski definition) is 5. The molecular weight excluding hydrogens is 963 g/mol.